The molecule has 1 aromatic rings. The zero-order valence-corrected chi connectivity index (χ0v) is 11.0. The van der Waals surface area contributed by atoms with Gasteiger partial charge in [0.1, 0.15) is 0 Å². The van der Waals surface area contributed by atoms with Crippen LogP contribution in [0.1, 0.15) is 35.0 Å². The summed E-state index contributed by atoms with van der Waals surface area (Å²) in [4.78, 5) is 35.1. The monoisotopic (exact) mass is 268 g/mol. The maximum atomic E-state index is 11.9. The van der Waals surface area contributed by atoms with Gasteiger partial charge < -0.3 is 19.7 Å². The molecule has 7 nitrogen and oxygen atoms in total. The lowest BCUT2D eigenvalue weighted by atomic mass is 10.3. The lowest BCUT2D eigenvalue weighted by molar-refractivity contribution is -0.122. The summed E-state index contributed by atoms with van der Waals surface area (Å²) < 4.78 is 4.87. The highest BCUT2D eigenvalue weighted by Gasteiger charge is 2.20. The van der Waals surface area contributed by atoms with E-state index in [1.807, 2.05) is 13.8 Å². The molecule has 0 aliphatic heterocycles. The van der Waals surface area contributed by atoms with Gasteiger partial charge in [-0.25, -0.2) is 4.79 Å². The molecule has 0 aliphatic carbocycles. The number of amides is 2. The number of hydrogen-bond acceptors (Lipinski definition) is 4. The molecular formula is C12H16N2O5. The molecule has 1 aromatic heterocycles. The van der Waals surface area contributed by atoms with Crippen molar-refractivity contribution in [1.29, 1.82) is 0 Å². The van der Waals surface area contributed by atoms with E-state index in [1.54, 1.807) is 0 Å². The Hall–Kier alpha value is -2.31. The van der Waals surface area contributed by atoms with Gasteiger partial charge in [0.25, 0.3) is 5.91 Å². The Kier molecular flexibility index (Phi) is 4.68. The van der Waals surface area contributed by atoms with Crippen molar-refractivity contribution in [3.63, 3.8) is 0 Å². The fraction of sp³-hybridized carbons (Fsp3) is 0.417. The number of carboxylic acid groups (broad SMARTS) is 1. The van der Waals surface area contributed by atoms with E-state index in [2.05, 4.69) is 5.32 Å². The number of nitrogens with one attached hydrogen (secondary N) is 1. The largest absolute Gasteiger partial charge is 0.475 e. The quantitative estimate of drug-likeness (QED) is 0.813. The summed E-state index contributed by atoms with van der Waals surface area (Å²) in [6, 6.07) is 2.44. The summed E-state index contributed by atoms with van der Waals surface area (Å²) in [5, 5.41) is 11.3. The van der Waals surface area contributed by atoms with Crippen molar-refractivity contribution in [2.24, 2.45) is 0 Å². The average Bonchev–Trinajstić information content (AvgIpc) is 2.75. The van der Waals surface area contributed by atoms with Gasteiger partial charge >= 0.3 is 5.97 Å². The Bertz CT molecular complexity index is 492. The summed E-state index contributed by atoms with van der Waals surface area (Å²) >= 11 is 0. The highest BCUT2D eigenvalue weighted by atomic mass is 16.4. The molecule has 2 amide bonds. The summed E-state index contributed by atoms with van der Waals surface area (Å²) in [7, 11) is 1.44. The highest BCUT2D eigenvalue weighted by molar-refractivity contribution is 5.95. The Morgan fingerprint density at radius 2 is 1.89 bits per heavy atom. The molecule has 0 saturated heterocycles. The van der Waals surface area contributed by atoms with Crippen LogP contribution in [-0.2, 0) is 4.79 Å². The Labute approximate surface area is 110 Å². The molecule has 0 saturated carbocycles. The van der Waals surface area contributed by atoms with E-state index in [4.69, 9.17) is 9.52 Å². The number of carboxylic acids is 1. The molecule has 0 fully saturated rings. The number of rotatable bonds is 5. The maximum absolute atomic E-state index is 11.9. The van der Waals surface area contributed by atoms with Crippen molar-refractivity contribution in [3.8, 4) is 0 Å². The smallest absolute Gasteiger partial charge is 0.371 e. The van der Waals surface area contributed by atoms with Crippen LogP contribution in [-0.4, -0.2) is 47.4 Å². The molecule has 0 unspecified atom stereocenters. The number of aromatic carboxylic acids is 1. The van der Waals surface area contributed by atoms with Gasteiger partial charge in [0, 0.05) is 13.1 Å². The molecule has 0 aromatic carbocycles. The van der Waals surface area contributed by atoms with Gasteiger partial charge in [0.15, 0.2) is 5.76 Å². The predicted octanol–water partition coefficient (Wildman–Crippen LogP) is 0.574. The van der Waals surface area contributed by atoms with Crippen LogP contribution in [0, 0.1) is 0 Å². The van der Waals surface area contributed by atoms with Gasteiger partial charge in [-0.05, 0) is 26.0 Å². The first kappa shape index (κ1) is 14.7. The number of likely N-dealkylation sites (N-methyl/N-ethyl adjacent to an activating group) is 1. The molecule has 1 heterocycles. The van der Waals surface area contributed by atoms with Crippen molar-refractivity contribution >= 4 is 17.8 Å². The number of nitrogens with zero attached hydrogens (tertiary/aromatic N) is 1. The third-order valence-corrected chi connectivity index (χ3v) is 2.20. The second-order valence-electron chi connectivity index (χ2n) is 4.35. The molecule has 0 radical (unpaired) electrons. The van der Waals surface area contributed by atoms with Gasteiger partial charge in [0.2, 0.25) is 11.7 Å². The van der Waals surface area contributed by atoms with Crippen molar-refractivity contribution in [3.05, 3.63) is 23.7 Å². The van der Waals surface area contributed by atoms with E-state index < -0.39 is 11.9 Å². The van der Waals surface area contributed by atoms with E-state index >= 15 is 0 Å². The highest BCUT2D eigenvalue weighted by Crippen LogP contribution is 2.10. The molecule has 2 N–H and O–H groups in total. The summed E-state index contributed by atoms with van der Waals surface area (Å²) in [6.07, 6.45) is 0. The van der Waals surface area contributed by atoms with Gasteiger partial charge in [-0.15, -0.1) is 0 Å². The third-order valence-electron chi connectivity index (χ3n) is 2.20. The molecule has 0 aliphatic rings. The second-order valence-corrected chi connectivity index (χ2v) is 4.35. The van der Waals surface area contributed by atoms with Crippen LogP contribution in [0.2, 0.25) is 0 Å². The van der Waals surface area contributed by atoms with Crippen LogP contribution < -0.4 is 5.32 Å². The summed E-state index contributed by atoms with van der Waals surface area (Å²) in [6.45, 7) is 3.50. The summed E-state index contributed by atoms with van der Waals surface area (Å²) in [5.41, 5.74) is 0. The first-order valence-electron chi connectivity index (χ1n) is 5.69. The van der Waals surface area contributed by atoms with Gasteiger partial charge in [-0.3, -0.25) is 9.59 Å². The Morgan fingerprint density at radius 1 is 1.32 bits per heavy atom. The van der Waals surface area contributed by atoms with E-state index in [1.165, 1.54) is 19.2 Å². The molecule has 0 atom stereocenters. The molecule has 0 spiro atoms. The topological polar surface area (TPSA) is 99.9 Å². The van der Waals surface area contributed by atoms with Crippen LogP contribution in [0.5, 0.6) is 0 Å². The average molecular weight is 268 g/mol. The normalized spacial score (nSPS) is 10.3. The molecule has 1 rings (SSSR count). The first-order chi connectivity index (χ1) is 8.81. The predicted molar refractivity (Wildman–Crippen MR) is 65.9 cm³/mol. The standard InChI is InChI=1S/C12H16N2O5/c1-7(2)13-10(15)6-14(3)11(16)8-4-5-9(19-8)12(17)18/h4-5,7H,6H2,1-3H3,(H,13,15)(H,17,18). The van der Waals surface area contributed by atoms with Crippen LogP contribution >= 0.6 is 0 Å². The maximum Gasteiger partial charge on any atom is 0.371 e. The van der Waals surface area contributed by atoms with Gasteiger partial charge in [-0.2, -0.15) is 0 Å². The zero-order chi connectivity index (χ0) is 14.6. The SMILES string of the molecule is CC(C)NC(=O)CN(C)C(=O)c1ccc(C(=O)O)o1. The second kappa shape index (κ2) is 6.03. The van der Waals surface area contributed by atoms with Crippen LogP contribution in [0.15, 0.2) is 16.5 Å². The lowest BCUT2D eigenvalue weighted by Crippen LogP contribution is -2.40. The lowest BCUT2D eigenvalue weighted by Gasteiger charge is -2.16. The molecule has 19 heavy (non-hydrogen) atoms. The van der Waals surface area contributed by atoms with E-state index in [-0.39, 0.29) is 30.0 Å². The van der Waals surface area contributed by atoms with Crippen LogP contribution in [0.25, 0.3) is 0 Å². The van der Waals surface area contributed by atoms with Crippen molar-refractivity contribution < 1.29 is 23.9 Å². The van der Waals surface area contributed by atoms with Crippen molar-refractivity contribution in [2.45, 2.75) is 19.9 Å². The molecule has 104 valence electrons. The van der Waals surface area contributed by atoms with E-state index in [9.17, 15) is 14.4 Å². The van der Waals surface area contributed by atoms with E-state index in [0.29, 0.717) is 0 Å². The van der Waals surface area contributed by atoms with E-state index in [0.717, 1.165) is 4.90 Å². The minimum atomic E-state index is -1.25. The number of furan rings is 1. The first-order valence-corrected chi connectivity index (χ1v) is 5.69. The fourth-order valence-corrected chi connectivity index (χ4v) is 1.41. The number of hydrogen-bond donors (Lipinski definition) is 2. The molecular weight excluding hydrogens is 252 g/mol. The van der Waals surface area contributed by atoms with Crippen molar-refractivity contribution in [2.75, 3.05) is 13.6 Å². The summed E-state index contributed by atoms with van der Waals surface area (Å²) in [5.74, 6) is -2.53. The van der Waals surface area contributed by atoms with Crippen LogP contribution in [0.4, 0.5) is 0 Å². The third kappa shape index (κ3) is 4.13. The zero-order valence-electron chi connectivity index (χ0n) is 11.0. The minimum absolute atomic E-state index is 0.0155. The number of carbonyl (C=O) groups is 3. The van der Waals surface area contributed by atoms with Gasteiger partial charge in [-0.1, -0.05) is 0 Å². The minimum Gasteiger partial charge on any atom is -0.475 e. The van der Waals surface area contributed by atoms with Crippen molar-refractivity contribution in [1.82, 2.24) is 10.2 Å². The van der Waals surface area contributed by atoms with Gasteiger partial charge in [0.05, 0.1) is 6.54 Å². The Balaban J connectivity index is 2.66. The number of carbonyl (C=O) groups excluding carboxylic acids is 2. The molecule has 7 heteroatoms. The molecule has 0 bridgehead atoms. The fourth-order valence-electron chi connectivity index (χ4n) is 1.41. The Morgan fingerprint density at radius 3 is 2.37 bits per heavy atom. The van der Waals surface area contributed by atoms with Crippen LogP contribution in [0.3, 0.4) is 0 Å².